The van der Waals surface area contributed by atoms with E-state index in [1.165, 1.54) is 5.56 Å². The third-order valence-corrected chi connectivity index (χ3v) is 5.71. The van der Waals surface area contributed by atoms with Gasteiger partial charge in [0.25, 0.3) is 5.91 Å². The lowest BCUT2D eigenvalue weighted by molar-refractivity contribution is 0.0672. The molecule has 2 aromatic heterocycles. The lowest BCUT2D eigenvalue weighted by atomic mass is 9.99. The zero-order valence-corrected chi connectivity index (χ0v) is 15.5. The van der Waals surface area contributed by atoms with E-state index in [2.05, 4.69) is 50.8 Å². The number of rotatable bonds is 5. The minimum atomic E-state index is -0.129. The zero-order chi connectivity index (χ0) is 18.5. The number of hydrogen-bond donors (Lipinski definition) is 1. The molecule has 1 saturated heterocycles. The first kappa shape index (κ1) is 16.4. The van der Waals surface area contributed by atoms with Crippen LogP contribution in [0.2, 0.25) is 0 Å². The molecular formula is C19H23N7O. The molecule has 8 nitrogen and oxygen atoms in total. The molecule has 3 aromatic rings. The van der Waals surface area contributed by atoms with Crippen molar-refractivity contribution in [1.29, 1.82) is 0 Å². The maximum absolute atomic E-state index is 12.3. The number of fused-ring (bicyclic) bond motifs is 1. The van der Waals surface area contributed by atoms with Crippen LogP contribution in [0.25, 0.3) is 10.9 Å². The smallest absolute Gasteiger partial charge is 0.273 e. The van der Waals surface area contributed by atoms with Crippen LogP contribution in [0.5, 0.6) is 0 Å². The fraction of sp³-hybridized carbons (Fsp3) is 0.474. The Balaban J connectivity index is 1.18. The molecule has 2 fully saturated rings. The summed E-state index contributed by atoms with van der Waals surface area (Å²) in [4.78, 5) is 14.7. The Morgan fingerprint density at radius 1 is 1.30 bits per heavy atom. The van der Waals surface area contributed by atoms with Crippen molar-refractivity contribution in [3.05, 3.63) is 41.9 Å². The average Bonchev–Trinajstić information content (AvgIpc) is 3.25. The van der Waals surface area contributed by atoms with Crippen molar-refractivity contribution < 1.29 is 4.79 Å². The summed E-state index contributed by atoms with van der Waals surface area (Å²) in [6.07, 6.45) is 5.92. The first-order valence-electron chi connectivity index (χ1n) is 9.47. The van der Waals surface area contributed by atoms with E-state index in [1.807, 2.05) is 17.9 Å². The summed E-state index contributed by atoms with van der Waals surface area (Å²) in [6, 6.07) is 7.39. The van der Waals surface area contributed by atoms with Gasteiger partial charge in [0.05, 0.1) is 30.0 Å². The van der Waals surface area contributed by atoms with Gasteiger partial charge < -0.3 is 5.32 Å². The predicted octanol–water partition coefficient (Wildman–Crippen LogP) is 1.67. The van der Waals surface area contributed by atoms with Crippen molar-refractivity contribution in [1.82, 2.24) is 35.0 Å². The maximum atomic E-state index is 12.3. The summed E-state index contributed by atoms with van der Waals surface area (Å²) in [5.41, 5.74) is 2.82. The van der Waals surface area contributed by atoms with Crippen LogP contribution in [-0.4, -0.2) is 54.7 Å². The summed E-state index contributed by atoms with van der Waals surface area (Å²) in [5, 5.41) is 16.6. The van der Waals surface area contributed by atoms with Gasteiger partial charge in [-0.25, -0.2) is 4.68 Å². The molecule has 8 heteroatoms. The summed E-state index contributed by atoms with van der Waals surface area (Å²) < 4.78 is 3.69. The standard InChI is InChI=1S/C19H23N7O/c1-12(13-3-6-18-14(7-13)8-20-24(18)2)25-9-15(10-25)21-19(27)17-11-26(23-22-17)16-4-5-16/h3,6-8,11-12,15-16H,4-5,9-10H2,1-2H3,(H,21,27). The highest BCUT2D eigenvalue weighted by Gasteiger charge is 2.33. The molecule has 3 heterocycles. The first-order valence-corrected chi connectivity index (χ1v) is 9.47. The summed E-state index contributed by atoms with van der Waals surface area (Å²) >= 11 is 0. The van der Waals surface area contributed by atoms with Gasteiger partial charge in [0.2, 0.25) is 0 Å². The molecule has 1 atom stereocenters. The summed E-state index contributed by atoms with van der Waals surface area (Å²) in [6.45, 7) is 3.89. The highest BCUT2D eigenvalue weighted by molar-refractivity contribution is 5.92. The molecule has 0 radical (unpaired) electrons. The molecule has 27 heavy (non-hydrogen) atoms. The molecule has 0 bridgehead atoms. The number of aromatic nitrogens is 5. The number of carbonyl (C=O) groups excluding carboxylic acids is 1. The Labute approximate surface area is 157 Å². The largest absolute Gasteiger partial charge is 0.345 e. The third-order valence-electron chi connectivity index (χ3n) is 5.71. The second-order valence-electron chi connectivity index (χ2n) is 7.70. The molecule has 1 N–H and O–H groups in total. The number of nitrogens with zero attached hydrogens (tertiary/aromatic N) is 6. The van der Waals surface area contributed by atoms with Gasteiger partial charge in [-0.2, -0.15) is 5.10 Å². The van der Waals surface area contributed by atoms with E-state index >= 15 is 0 Å². The van der Waals surface area contributed by atoms with Crippen molar-refractivity contribution in [3.8, 4) is 0 Å². The molecule has 0 spiro atoms. The van der Waals surface area contributed by atoms with E-state index in [-0.39, 0.29) is 11.9 Å². The molecule has 5 rings (SSSR count). The van der Waals surface area contributed by atoms with Gasteiger partial charge in [0.15, 0.2) is 5.69 Å². The minimum Gasteiger partial charge on any atom is -0.345 e. The highest BCUT2D eigenvalue weighted by atomic mass is 16.2. The normalized spacial score (nSPS) is 19.2. The number of aryl methyl sites for hydroxylation is 1. The van der Waals surface area contributed by atoms with E-state index in [0.717, 1.165) is 36.8 Å². The van der Waals surface area contributed by atoms with Gasteiger partial charge in [-0.05, 0) is 37.5 Å². The van der Waals surface area contributed by atoms with Gasteiger partial charge in [-0.15, -0.1) is 5.10 Å². The van der Waals surface area contributed by atoms with Crippen molar-refractivity contribution in [3.63, 3.8) is 0 Å². The number of carbonyl (C=O) groups is 1. The van der Waals surface area contributed by atoms with Gasteiger partial charge in [0, 0.05) is 31.6 Å². The van der Waals surface area contributed by atoms with Crippen LogP contribution in [0.3, 0.4) is 0 Å². The highest BCUT2D eigenvalue weighted by Crippen LogP contribution is 2.33. The topological polar surface area (TPSA) is 80.9 Å². The van der Waals surface area contributed by atoms with Crippen molar-refractivity contribution in [2.75, 3.05) is 13.1 Å². The van der Waals surface area contributed by atoms with E-state index < -0.39 is 0 Å². The summed E-state index contributed by atoms with van der Waals surface area (Å²) in [5.74, 6) is -0.129. The molecule has 1 amide bonds. The van der Waals surface area contributed by atoms with E-state index in [0.29, 0.717) is 17.8 Å². The van der Waals surface area contributed by atoms with Crippen molar-refractivity contribution in [2.24, 2.45) is 7.05 Å². The maximum Gasteiger partial charge on any atom is 0.273 e. The Bertz CT molecular complexity index is 997. The Kier molecular flexibility index (Phi) is 3.75. The molecule has 2 aliphatic rings. The van der Waals surface area contributed by atoms with Crippen LogP contribution in [-0.2, 0) is 7.05 Å². The Hall–Kier alpha value is -2.74. The quantitative estimate of drug-likeness (QED) is 0.744. The monoisotopic (exact) mass is 365 g/mol. The van der Waals surface area contributed by atoms with Crippen molar-refractivity contribution in [2.45, 2.75) is 37.9 Å². The average molecular weight is 365 g/mol. The van der Waals surface area contributed by atoms with Crippen molar-refractivity contribution >= 4 is 16.8 Å². The molecule has 1 aliphatic carbocycles. The van der Waals surface area contributed by atoms with Crippen LogP contribution in [0, 0.1) is 0 Å². The number of hydrogen-bond acceptors (Lipinski definition) is 5. The number of nitrogens with one attached hydrogen (secondary N) is 1. The first-order chi connectivity index (χ1) is 13.1. The molecule has 1 aromatic carbocycles. The fourth-order valence-electron chi connectivity index (χ4n) is 3.73. The van der Waals surface area contributed by atoms with Gasteiger partial charge >= 0.3 is 0 Å². The molecule has 1 saturated carbocycles. The van der Waals surface area contributed by atoms with E-state index in [9.17, 15) is 4.79 Å². The zero-order valence-electron chi connectivity index (χ0n) is 15.5. The number of benzene rings is 1. The summed E-state index contributed by atoms with van der Waals surface area (Å²) in [7, 11) is 1.96. The van der Waals surface area contributed by atoms with Crippen LogP contribution < -0.4 is 5.32 Å². The Morgan fingerprint density at radius 3 is 2.89 bits per heavy atom. The molecule has 1 aliphatic heterocycles. The lowest BCUT2D eigenvalue weighted by Crippen LogP contribution is -2.59. The van der Waals surface area contributed by atoms with E-state index in [4.69, 9.17) is 0 Å². The minimum absolute atomic E-state index is 0.129. The number of amides is 1. The third kappa shape index (κ3) is 2.99. The van der Waals surface area contributed by atoms with Gasteiger partial charge in [0.1, 0.15) is 0 Å². The molecule has 140 valence electrons. The van der Waals surface area contributed by atoms with Crippen LogP contribution >= 0.6 is 0 Å². The second kappa shape index (κ2) is 6.16. The fourth-order valence-corrected chi connectivity index (χ4v) is 3.73. The van der Waals surface area contributed by atoms with Gasteiger partial charge in [-0.3, -0.25) is 14.4 Å². The second-order valence-corrected chi connectivity index (χ2v) is 7.70. The predicted molar refractivity (Wildman–Crippen MR) is 100 cm³/mol. The van der Waals surface area contributed by atoms with Crippen LogP contribution in [0.4, 0.5) is 0 Å². The molecule has 1 unspecified atom stereocenters. The SMILES string of the molecule is CC(c1ccc2c(cnn2C)c1)N1CC(NC(=O)c2cn(C3CC3)nn2)C1. The van der Waals surface area contributed by atoms with Crippen LogP contribution in [0.15, 0.2) is 30.6 Å². The van der Waals surface area contributed by atoms with Crippen LogP contribution in [0.1, 0.15) is 47.9 Å². The lowest BCUT2D eigenvalue weighted by Gasteiger charge is -2.43. The number of likely N-dealkylation sites (tertiary alicyclic amines) is 1. The van der Waals surface area contributed by atoms with E-state index in [1.54, 1.807) is 10.9 Å². The molecular weight excluding hydrogens is 342 g/mol. The Morgan fingerprint density at radius 2 is 2.11 bits per heavy atom. The van der Waals surface area contributed by atoms with Gasteiger partial charge in [-0.1, -0.05) is 11.3 Å².